The lowest BCUT2D eigenvalue weighted by Crippen LogP contribution is -2.55. The van der Waals surface area contributed by atoms with E-state index < -0.39 is 71.9 Å². The average molecular weight is 586 g/mol. The van der Waals surface area contributed by atoms with Crippen molar-refractivity contribution >= 4 is 27.3 Å². The lowest BCUT2D eigenvalue weighted by molar-refractivity contribution is -0.133. The molecule has 0 unspecified atom stereocenters. The molecule has 5 heterocycles. The molecule has 0 spiro atoms. The highest BCUT2D eigenvalue weighted by Crippen LogP contribution is 2.34. The van der Waals surface area contributed by atoms with Crippen LogP contribution < -0.4 is 15.8 Å². The zero-order valence-electron chi connectivity index (χ0n) is 24.5. The van der Waals surface area contributed by atoms with Crippen molar-refractivity contribution in [1.29, 1.82) is 0 Å². The van der Waals surface area contributed by atoms with E-state index in [1.807, 2.05) is 0 Å². The summed E-state index contributed by atoms with van der Waals surface area (Å²) < 4.78 is 96.6. The van der Waals surface area contributed by atoms with Crippen molar-refractivity contribution in [3.63, 3.8) is 0 Å². The highest BCUT2D eigenvalue weighted by atomic mass is 32.2. The number of fused-ring (bicyclic) bond motifs is 1. The maximum Gasteiger partial charge on any atom is 0.272 e. The van der Waals surface area contributed by atoms with Crippen LogP contribution in [0.5, 0.6) is 5.88 Å². The van der Waals surface area contributed by atoms with Crippen LogP contribution in [-0.4, -0.2) is 99.7 Å². The molecule has 2 saturated heterocycles. The number of carbonyl (C=O) groups excluding carboxylic acids is 1. The number of anilines is 1. The Morgan fingerprint density at radius 1 is 1.30 bits per heavy atom. The number of carbonyl (C=O) groups is 1. The summed E-state index contributed by atoms with van der Waals surface area (Å²) in [6.45, 7) is 1.36. The first-order valence-corrected chi connectivity index (χ1v) is 13.8. The van der Waals surface area contributed by atoms with Gasteiger partial charge in [0.1, 0.15) is 23.6 Å². The first-order chi connectivity index (χ1) is 19.9. The summed E-state index contributed by atoms with van der Waals surface area (Å²) in [5, 5.41) is 5.85. The molecule has 2 fully saturated rings. The molecule has 0 radical (unpaired) electrons. The lowest BCUT2D eigenvalue weighted by Gasteiger charge is -2.38. The van der Waals surface area contributed by atoms with Gasteiger partial charge >= 0.3 is 0 Å². The van der Waals surface area contributed by atoms with Gasteiger partial charge in [0.05, 0.1) is 41.2 Å². The molecule has 0 bridgehead atoms. The van der Waals surface area contributed by atoms with Crippen LogP contribution >= 0.6 is 0 Å². The minimum absolute atomic E-state index is 0.0768. The number of aromatic nitrogens is 4. The summed E-state index contributed by atoms with van der Waals surface area (Å²) in [5.41, 5.74) is 7.16. The van der Waals surface area contributed by atoms with E-state index in [4.69, 9.17) is 14.6 Å². The molecule has 3 N–H and O–H groups in total. The number of likely N-dealkylation sites (tertiary alicyclic amines) is 1. The highest BCUT2D eigenvalue weighted by molar-refractivity contribution is 7.89. The number of alkyl halides is 3. The summed E-state index contributed by atoms with van der Waals surface area (Å²) in [5.74, 6) is -4.24. The van der Waals surface area contributed by atoms with E-state index in [-0.39, 0.29) is 30.0 Å². The number of nitrogens with one attached hydrogen (secondary N) is 1. The van der Waals surface area contributed by atoms with Gasteiger partial charge in [0.15, 0.2) is 5.82 Å². The molecular formula is C24H29F3N8O4S. The average Bonchev–Trinajstić information content (AvgIpc) is 3.43. The quantitative estimate of drug-likeness (QED) is 0.399. The van der Waals surface area contributed by atoms with Crippen molar-refractivity contribution in [2.75, 3.05) is 39.0 Å². The number of pyridine rings is 1. The lowest BCUT2D eigenvalue weighted by atomic mass is 10.1. The monoisotopic (exact) mass is 585 g/mol. The Labute approximate surface area is 232 Å². The third-order valence-corrected chi connectivity index (χ3v) is 9.15. The van der Waals surface area contributed by atoms with Crippen LogP contribution in [0.25, 0.3) is 16.8 Å². The van der Waals surface area contributed by atoms with E-state index in [1.165, 1.54) is 41.9 Å². The van der Waals surface area contributed by atoms with E-state index in [2.05, 4.69) is 20.4 Å². The van der Waals surface area contributed by atoms with Gasteiger partial charge in [-0.2, -0.15) is 9.40 Å². The molecule has 0 aromatic carbocycles. The van der Waals surface area contributed by atoms with Crippen molar-refractivity contribution in [2.45, 2.75) is 43.8 Å². The van der Waals surface area contributed by atoms with Crippen molar-refractivity contribution in [3.8, 4) is 17.1 Å². The highest BCUT2D eigenvalue weighted by Gasteiger charge is 2.44. The third-order valence-electron chi connectivity index (χ3n) is 6.94. The number of halogens is 3. The number of hydrogen-bond donors (Lipinski definition) is 2. The van der Waals surface area contributed by atoms with E-state index in [1.54, 1.807) is 6.07 Å². The fraction of sp³-hybridized carbons (Fsp3) is 0.500. The Kier molecular flexibility index (Phi) is 6.17. The van der Waals surface area contributed by atoms with Gasteiger partial charge in [-0.15, -0.1) is 0 Å². The predicted molar refractivity (Wildman–Crippen MR) is 139 cm³/mol. The number of nitrogen functional groups attached to an aromatic ring is 1. The smallest absolute Gasteiger partial charge is 0.272 e. The first-order valence-electron chi connectivity index (χ1n) is 13.8. The van der Waals surface area contributed by atoms with Crippen LogP contribution in [-0.2, 0) is 16.6 Å². The zero-order valence-corrected chi connectivity index (χ0v) is 22.3. The third kappa shape index (κ3) is 5.06. The molecule has 1 amide bonds. The van der Waals surface area contributed by atoms with E-state index in [0.29, 0.717) is 16.8 Å². The Morgan fingerprint density at radius 3 is 2.73 bits per heavy atom. The van der Waals surface area contributed by atoms with Gasteiger partial charge in [-0.1, -0.05) is 0 Å². The van der Waals surface area contributed by atoms with Crippen LogP contribution in [0.3, 0.4) is 0 Å². The minimum Gasteiger partial charge on any atom is -0.480 e. The molecular weight excluding hydrogens is 553 g/mol. The number of sulfonamides is 1. The molecule has 216 valence electrons. The molecule has 5 rings (SSSR count). The predicted octanol–water partition coefficient (Wildman–Crippen LogP) is 1.32. The molecule has 0 aliphatic carbocycles. The molecule has 2 aliphatic heterocycles. The topological polar surface area (TPSA) is 148 Å². The number of amides is 1. The number of nitrogens with zero attached hydrogens (tertiary/aromatic N) is 6. The number of methoxy groups -OCH3 is 1. The second-order valence-electron chi connectivity index (χ2n) is 10.1. The molecule has 12 nitrogen and oxygen atoms in total. The molecule has 40 heavy (non-hydrogen) atoms. The molecule has 16 heteroatoms. The molecule has 0 saturated carbocycles. The van der Waals surface area contributed by atoms with E-state index in [9.17, 15) is 26.4 Å². The summed E-state index contributed by atoms with van der Waals surface area (Å²) >= 11 is 0. The van der Waals surface area contributed by atoms with Crippen LogP contribution in [0.4, 0.5) is 19.0 Å². The Bertz CT molecular complexity index is 1660. The van der Waals surface area contributed by atoms with Crippen molar-refractivity contribution < 1.29 is 35.2 Å². The Morgan fingerprint density at radius 2 is 2.05 bits per heavy atom. The van der Waals surface area contributed by atoms with Gasteiger partial charge < -0.3 is 15.8 Å². The largest absolute Gasteiger partial charge is 0.480 e. The number of hydrogen-bond acceptors (Lipinski definition) is 9. The second kappa shape index (κ2) is 10.2. The minimum atomic E-state index is -3.79. The number of nitrogens with two attached hydrogens (primary N) is 1. The Hall–Kier alpha value is -3.50. The van der Waals surface area contributed by atoms with Crippen LogP contribution in [0.2, 0.25) is 0 Å². The second-order valence-corrected chi connectivity index (χ2v) is 12.6. The summed E-state index contributed by atoms with van der Waals surface area (Å²) in [4.78, 5) is 23.0. The molecule has 2 aliphatic rings. The van der Waals surface area contributed by atoms with Crippen LogP contribution in [0.1, 0.15) is 33.9 Å². The maximum atomic E-state index is 14.9. The number of ether oxygens (including phenoxy) is 1. The van der Waals surface area contributed by atoms with Crippen molar-refractivity contribution in [1.82, 2.24) is 34.1 Å². The summed E-state index contributed by atoms with van der Waals surface area (Å²) in [6, 6.07) is 1.65. The van der Waals surface area contributed by atoms with Gasteiger partial charge in [-0.05, 0) is 31.5 Å². The molecule has 3 aromatic heterocycles. The van der Waals surface area contributed by atoms with Gasteiger partial charge in [-0.3, -0.25) is 9.69 Å². The van der Waals surface area contributed by atoms with Gasteiger partial charge in [0.25, 0.3) is 11.8 Å². The van der Waals surface area contributed by atoms with Gasteiger partial charge in [0, 0.05) is 31.4 Å². The molecule has 2 atom stereocenters. The van der Waals surface area contributed by atoms with Gasteiger partial charge in [-0.25, -0.2) is 36.1 Å². The van der Waals surface area contributed by atoms with E-state index >= 15 is 0 Å². The fourth-order valence-corrected chi connectivity index (χ4v) is 6.20. The molecule has 3 aromatic rings. The fourth-order valence-electron chi connectivity index (χ4n) is 4.89. The van der Waals surface area contributed by atoms with Crippen LogP contribution in [0, 0.1) is 0 Å². The number of rotatable bonds is 8. The van der Waals surface area contributed by atoms with Crippen LogP contribution in [0.15, 0.2) is 24.7 Å². The first kappa shape index (κ1) is 24.3. The zero-order chi connectivity index (χ0) is 31.5. The maximum absolute atomic E-state index is 14.9. The Balaban J connectivity index is 1.50. The summed E-state index contributed by atoms with van der Waals surface area (Å²) in [7, 11) is -6.78. The summed E-state index contributed by atoms with van der Waals surface area (Å²) in [6.07, 6.45) is 0.675. The van der Waals surface area contributed by atoms with Gasteiger partial charge in [0.2, 0.25) is 15.9 Å². The normalized spacial score (nSPS) is 23.0. The van der Waals surface area contributed by atoms with Crippen molar-refractivity contribution in [3.05, 3.63) is 35.8 Å². The SMILES string of the molecule is [2H]C([2H])([2H])Oc1ncc(-c2cc(CN3CC(F)(F)C3)c3c(N)ncnn23)cc1C(=O)N[C@@H]1CN(S(=O)(=O)C(C)C)C[C@@H]1F. The van der Waals surface area contributed by atoms with E-state index in [0.717, 1.165) is 4.31 Å². The standard InChI is InChI=1S/C24H29F3N8O4S/c1-13(2)40(37,38)34-8-17(25)18(9-34)32-22(36)16-4-14(6-29-23(16)39-3)19-5-15(7-33-10-24(26,27)11-33)20-21(28)30-12-31-35(19)20/h4-6,12-13,17-18H,7-11H2,1-3H3,(H,32,36)(H2,28,30,31)/t17-,18+/m0/s1/i3D3. The van der Waals surface area contributed by atoms with Crippen molar-refractivity contribution in [2.24, 2.45) is 0 Å².